The Labute approximate surface area is 179 Å². The highest BCUT2D eigenvalue weighted by molar-refractivity contribution is 7.18. The summed E-state index contributed by atoms with van der Waals surface area (Å²) in [6.07, 6.45) is 0.771. The van der Waals surface area contributed by atoms with E-state index in [4.69, 9.17) is 0 Å². The molecule has 0 saturated carbocycles. The van der Waals surface area contributed by atoms with Crippen LogP contribution >= 0.6 is 11.3 Å². The van der Waals surface area contributed by atoms with Gasteiger partial charge in [0.05, 0.1) is 21.8 Å². The second-order valence-corrected chi connectivity index (χ2v) is 8.28. The molecule has 0 bridgehead atoms. The molecule has 0 aliphatic rings. The molecule has 3 N–H and O–H groups in total. The van der Waals surface area contributed by atoms with Gasteiger partial charge in [-0.1, -0.05) is 36.4 Å². The zero-order valence-electron chi connectivity index (χ0n) is 16.6. The highest BCUT2D eigenvalue weighted by atomic mass is 32.1. The number of aliphatic hydroxyl groups excluding tert-OH is 1. The van der Waals surface area contributed by atoms with Crippen LogP contribution in [-0.4, -0.2) is 22.0 Å². The molecule has 0 spiro atoms. The molecule has 1 heterocycles. The first kappa shape index (κ1) is 20.1. The van der Waals surface area contributed by atoms with Gasteiger partial charge in [-0.2, -0.15) is 0 Å². The zero-order valence-corrected chi connectivity index (χ0v) is 17.4. The van der Waals surface area contributed by atoms with Crippen molar-refractivity contribution in [3.8, 4) is 0 Å². The number of fused-ring (bicyclic) bond motifs is 1. The van der Waals surface area contributed by atoms with E-state index < -0.39 is 6.04 Å². The Morgan fingerprint density at radius 3 is 2.57 bits per heavy atom. The highest BCUT2D eigenvalue weighted by Gasteiger charge is 2.13. The molecule has 0 aliphatic heterocycles. The van der Waals surface area contributed by atoms with Crippen molar-refractivity contribution in [2.75, 3.05) is 10.6 Å². The number of carbonyl (C=O) groups excluding carboxylic acids is 1. The number of anilines is 2. The summed E-state index contributed by atoms with van der Waals surface area (Å²) >= 11 is 1.71. The standard InChI is InChI=1S/C24H23N3O2S/c1-16(25-20-6-4-5-18(13-20)15-28)24(29)26-19-11-9-17(10-12-19)14-23-27-21-7-2-3-8-22(21)30-23/h2-13,16,25,28H,14-15H2,1H3,(H,26,29)/t16-/m1/s1. The third kappa shape index (κ3) is 4.84. The minimum atomic E-state index is -0.415. The summed E-state index contributed by atoms with van der Waals surface area (Å²) in [5, 5.41) is 16.4. The molecule has 6 heteroatoms. The molecule has 4 rings (SSSR count). The lowest BCUT2D eigenvalue weighted by Crippen LogP contribution is -2.31. The quantitative estimate of drug-likeness (QED) is 0.403. The molecule has 3 aromatic carbocycles. The van der Waals surface area contributed by atoms with Crippen LogP contribution in [-0.2, 0) is 17.8 Å². The van der Waals surface area contributed by atoms with Crippen LogP contribution in [0.5, 0.6) is 0 Å². The second-order valence-electron chi connectivity index (χ2n) is 7.16. The summed E-state index contributed by atoms with van der Waals surface area (Å²) in [5.74, 6) is -0.122. The van der Waals surface area contributed by atoms with Crippen molar-refractivity contribution >= 4 is 38.8 Å². The molecule has 0 saturated heterocycles. The fraction of sp³-hybridized carbons (Fsp3) is 0.167. The van der Waals surface area contributed by atoms with E-state index in [0.29, 0.717) is 0 Å². The molecular formula is C24H23N3O2S. The van der Waals surface area contributed by atoms with Gasteiger partial charge in [-0.25, -0.2) is 4.98 Å². The van der Waals surface area contributed by atoms with Crippen LogP contribution in [0, 0.1) is 0 Å². The van der Waals surface area contributed by atoms with Crippen LogP contribution < -0.4 is 10.6 Å². The predicted molar refractivity (Wildman–Crippen MR) is 123 cm³/mol. The van der Waals surface area contributed by atoms with Gasteiger partial charge in [-0.3, -0.25) is 4.79 Å². The van der Waals surface area contributed by atoms with Crippen molar-refractivity contribution < 1.29 is 9.90 Å². The zero-order chi connectivity index (χ0) is 20.9. The summed E-state index contributed by atoms with van der Waals surface area (Å²) in [6, 6.07) is 23.0. The van der Waals surface area contributed by atoms with Gasteiger partial charge >= 0.3 is 0 Å². The van der Waals surface area contributed by atoms with Gasteiger partial charge in [-0.05, 0) is 54.4 Å². The molecule has 1 atom stereocenters. The third-order valence-corrected chi connectivity index (χ3v) is 5.84. The number of hydrogen-bond donors (Lipinski definition) is 3. The largest absolute Gasteiger partial charge is 0.392 e. The number of nitrogens with zero attached hydrogens (tertiary/aromatic N) is 1. The monoisotopic (exact) mass is 417 g/mol. The summed E-state index contributed by atoms with van der Waals surface area (Å²) in [5.41, 5.74) is 4.55. The van der Waals surface area contributed by atoms with E-state index in [2.05, 4.69) is 21.7 Å². The van der Waals surface area contributed by atoms with Crippen molar-refractivity contribution in [1.82, 2.24) is 4.98 Å². The van der Waals surface area contributed by atoms with E-state index in [1.54, 1.807) is 11.3 Å². The van der Waals surface area contributed by atoms with Gasteiger partial charge in [0, 0.05) is 17.8 Å². The van der Waals surface area contributed by atoms with Crippen molar-refractivity contribution in [1.29, 1.82) is 0 Å². The number of aliphatic hydroxyl groups is 1. The van der Waals surface area contributed by atoms with Crippen molar-refractivity contribution in [3.63, 3.8) is 0 Å². The van der Waals surface area contributed by atoms with Gasteiger partial charge in [0.15, 0.2) is 0 Å². The summed E-state index contributed by atoms with van der Waals surface area (Å²) in [4.78, 5) is 17.2. The topological polar surface area (TPSA) is 74.2 Å². The summed E-state index contributed by atoms with van der Waals surface area (Å²) < 4.78 is 1.20. The number of para-hydroxylation sites is 1. The number of carbonyl (C=O) groups is 1. The second kappa shape index (κ2) is 9.07. The normalized spacial score (nSPS) is 11.9. The number of rotatable bonds is 7. The van der Waals surface area contributed by atoms with Crippen LogP contribution in [0.1, 0.15) is 23.1 Å². The number of amides is 1. The minimum Gasteiger partial charge on any atom is -0.392 e. The molecule has 1 aromatic heterocycles. The molecule has 0 unspecified atom stereocenters. The van der Waals surface area contributed by atoms with E-state index in [9.17, 15) is 9.90 Å². The lowest BCUT2D eigenvalue weighted by molar-refractivity contribution is -0.116. The fourth-order valence-electron chi connectivity index (χ4n) is 3.20. The van der Waals surface area contributed by atoms with Crippen molar-refractivity contribution in [2.45, 2.75) is 26.0 Å². The smallest absolute Gasteiger partial charge is 0.246 e. The summed E-state index contributed by atoms with van der Waals surface area (Å²) in [6.45, 7) is 1.78. The first-order valence-electron chi connectivity index (χ1n) is 9.81. The predicted octanol–water partition coefficient (Wildman–Crippen LogP) is 4.82. The average molecular weight is 418 g/mol. The van der Waals surface area contributed by atoms with Gasteiger partial charge in [0.1, 0.15) is 6.04 Å². The molecule has 4 aromatic rings. The maximum Gasteiger partial charge on any atom is 0.246 e. The molecule has 152 valence electrons. The number of thiazole rings is 1. The SMILES string of the molecule is C[C@@H](Nc1cccc(CO)c1)C(=O)Nc1ccc(Cc2nc3ccccc3s2)cc1. The van der Waals surface area contributed by atoms with E-state index in [0.717, 1.165) is 39.4 Å². The van der Waals surface area contributed by atoms with Crippen LogP contribution in [0.4, 0.5) is 11.4 Å². The lowest BCUT2D eigenvalue weighted by atomic mass is 10.1. The Bertz CT molecular complexity index is 1120. The Hall–Kier alpha value is -3.22. The Balaban J connectivity index is 1.35. The Kier molecular flexibility index (Phi) is 6.07. The molecule has 1 amide bonds. The van der Waals surface area contributed by atoms with Crippen LogP contribution in [0.3, 0.4) is 0 Å². The maximum atomic E-state index is 12.5. The number of aromatic nitrogens is 1. The van der Waals surface area contributed by atoms with E-state index in [1.165, 1.54) is 4.70 Å². The van der Waals surface area contributed by atoms with E-state index in [-0.39, 0.29) is 12.5 Å². The first-order chi connectivity index (χ1) is 14.6. The van der Waals surface area contributed by atoms with Crippen LogP contribution in [0.15, 0.2) is 72.8 Å². The third-order valence-electron chi connectivity index (χ3n) is 4.80. The fourth-order valence-corrected chi connectivity index (χ4v) is 4.20. The van der Waals surface area contributed by atoms with E-state index >= 15 is 0 Å². The Morgan fingerprint density at radius 2 is 1.80 bits per heavy atom. The molecule has 0 fully saturated rings. The molecule has 0 radical (unpaired) electrons. The number of benzene rings is 3. The van der Waals surface area contributed by atoms with Gasteiger partial charge in [0.25, 0.3) is 0 Å². The Morgan fingerprint density at radius 1 is 1.00 bits per heavy atom. The van der Waals surface area contributed by atoms with E-state index in [1.807, 2.05) is 73.7 Å². The van der Waals surface area contributed by atoms with Gasteiger partial charge in [-0.15, -0.1) is 11.3 Å². The molecule has 30 heavy (non-hydrogen) atoms. The average Bonchev–Trinajstić information content (AvgIpc) is 3.17. The maximum absolute atomic E-state index is 12.5. The highest BCUT2D eigenvalue weighted by Crippen LogP contribution is 2.24. The van der Waals surface area contributed by atoms with Crippen molar-refractivity contribution in [3.05, 3.63) is 88.9 Å². The first-order valence-corrected chi connectivity index (χ1v) is 10.6. The lowest BCUT2D eigenvalue weighted by Gasteiger charge is -2.16. The van der Waals surface area contributed by atoms with Gasteiger partial charge in [0.2, 0.25) is 5.91 Å². The molecule has 0 aliphatic carbocycles. The number of hydrogen-bond acceptors (Lipinski definition) is 5. The van der Waals surface area contributed by atoms with Gasteiger partial charge < -0.3 is 15.7 Å². The van der Waals surface area contributed by atoms with Crippen LogP contribution in [0.2, 0.25) is 0 Å². The molecular weight excluding hydrogens is 394 g/mol. The van der Waals surface area contributed by atoms with Crippen molar-refractivity contribution in [2.24, 2.45) is 0 Å². The molecule has 5 nitrogen and oxygen atoms in total. The number of nitrogens with one attached hydrogen (secondary N) is 2. The minimum absolute atomic E-state index is 0.0283. The van der Waals surface area contributed by atoms with Crippen LogP contribution in [0.25, 0.3) is 10.2 Å². The summed E-state index contributed by atoms with van der Waals surface area (Å²) in [7, 11) is 0.